The first-order valence-corrected chi connectivity index (χ1v) is 8.41. The summed E-state index contributed by atoms with van der Waals surface area (Å²) in [5.74, 6) is -0.714. The smallest absolute Gasteiger partial charge is 0.309 e. The molecular formula is C19H16O5. The largest absolute Gasteiger partial charge is 0.454 e. The molecule has 5 rings (SSSR count). The minimum absolute atomic E-state index is 0.145. The van der Waals surface area contributed by atoms with Gasteiger partial charge in [-0.05, 0) is 12.8 Å². The minimum atomic E-state index is -0.747. The highest BCUT2D eigenvalue weighted by Gasteiger charge is 2.58. The SMILES string of the molecule is O=C1C[C@H]2OC3(CCCC3)C3=C(C(=O)c4ccccc4C3=O)[C@H]2O1. The van der Waals surface area contributed by atoms with Gasteiger partial charge in [0, 0.05) is 16.7 Å². The number of hydrogen-bond acceptors (Lipinski definition) is 5. The molecule has 2 atom stereocenters. The van der Waals surface area contributed by atoms with Crippen LogP contribution in [0.4, 0.5) is 0 Å². The van der Waals surface area contributed by atoms with Crippen LogP contribution in [0.15, 0.2) is 35.4 Å². The van der Waals surface area contributed by atoms with E-state index in [1.54, 1.807) is 24.3 Å². The molecular weight excluding hydrogens is 308 g/mol. The van der Waals surface area contributed by atoms with Crippen LogP contribution < -0.4 is 0 Å². The number of benzene rings is 1. The van der Waals surface area contributed by atoms with Crippen molar-refractivity contribution in [3.05, 3.63) is 46.5 Å². The van der Waals surface area contributed by atoms with Crippen molar-refractivity contribution < 1.29 is 23.9 Å². The first kappa shape index (κ1) is 14.1. The molecule has 24 heavy (non-hydrogen) atoms. The van der Waals surface area contributed by atoms with E-state index in [9.17, 15) is 14.4 Å². The van der Waals surface area contributed by atoms with Crippen LogP contribution in [0.3, 0.4) is 0 Å². The van der Waals surface area contributed by atoms with Crippen LogP contribution in [0.25, 0.3) is 0 Å². The van der Waals surface area contributed by atoms with E-state index in [2.05, 4.69) is 0 Å². The number of carbonyl (C=O) groups excluding carboxylic acids is 3. The molecule has 0 amide bonds. The van der Waals surface area contributed by atoms with Gasteiger partial charge >= 0.3 is 5.97 Å². The van der Waals surface area contributed by atoms with E-state index in [-0.39, 0.29) is 24.0 Å². The zero-order valence-corrected chi connectivity index (χ0v) is 13.0. The number of Topliss-reactive ketones (excluding diaryl/α,β-unsaturated/α-hetero) is 2. The highest BCUT2D eigenvalue weighted by molar-refractivity contribution is 6.28. The van der Waals surface area contributed by atoms with Crippen LogP contribution in [-0.4, -0.2) is 35.3 Å². The van der Waals surface area contributed by atoms with Crippen molar-refractivity contribution in [1.29, 1.82) is 0 Å². The van der Waals surface area contributed by atoms with Gasteiger partial charge in [-0.1, -0.05) is 37.1 Å². The molecule has 1 saturated carbocycles. The Kier molecular flexibility index (Phi) is 2.72. The van der Waals surface area contributed by atoms with Gasteiger partial charge < -0.3 is 9.47 Å². The molecule has 4 aliphatic rings. The molecule has 2 aliphatic heterocycles. The zero-order chi connectivity index (χ0) is 16.5. The highest BCUT2D eigenvalue weighted by atomic mass is 16.6. The van der Waals surface area contributed by atoms with Gasteiger partial charge in [0.2, 0.25) is 0 Å². The Labute approximate surface area is 138 Å². The lowest BCUT2D eigenvalue weighted by Gasteiger charge is -2.43. The number of esters is 1. The number of carbonyl (C=O) groups is 3. The molecule has 122 valence electrons. The summed E-state index contributed by atoms with van der Waals surface area (Å²) in [7, 11) is 0. The van der Waals surface area contributed by atoms with E-state index in [0.29, 0.717) is 35.1 Å². The summed E-state index contributed by atoms with van der Waals surface area (Å²) in [4.78, 5) is 38.1. The average Bonchev–Trinajstić information content (AvgIpc) is 3.18. The second-order valence-electron chi connectivity index (χ2n) is 6.96. The molecule has 0 unspecified atom stereocenters. The summed E-state index contributed by atoms with van der Waals surface area (Å²) in [6, 6.07) is 6.87. The van der Waals surface area contributed by atoms with E-state index in [0.717, 1.165) is 12.8 Å². The van der Waals surface area contributed by atoms with Crippen LogP contribution >= 0.6 is 0 Å². The van der Waals surface area contributed by atoms with E-state index < -0.39 is 17.8 Å². The molecule has 5 nitrogen and oxygen atoms in total. The molecule has 0 N–H and O–H groups in total. The Balaban J connectivity index is 1.77. The van der Waals surface area contributed by atoms with Crippen molar-refractivity contribution in [2.24, 2.45) is 0 Å². The third-order valence-electron chi connectivity index (χ3n) is 5.65. The third kappa shape index (κ3) is 1.65. The first-order chi connectivity index (χ1) is 11.6. The molecule has 0 aromatic heterocycles. The number of rotatable bonds is 0. The topological polar surface area (TPSA) is 69.7 Å². The number of ether oxygens (including phenoxy) is 2. The Hall–Kier alpha value is -2.27. The molecule has 1 aromatic rings. The number of fused-ring (bicyclic) bond motifs is 4. The van der Waals surface area contributed by atoms with E-state index in [1.807, 2.05) is 0 Å². The lowest BCUT2D eigenvalue weighted by Crippen LogP contribution is -2.51. The van der Waals surface area contributed by atoms with Gasteiger partial charge in [-0.15, -0.1) is 0 Å². The number of hydrogen-bond donors (Lipinski definition) is 0. The lowest BCUT2D eigenvalue weighted by atomic mass is 9.71. The molecule has 1 spiro atoms. The summed E-state index contributed by atoms with van der Waals surface area (Å²) in [6.07, 6.45) is 2.26. The Morgan fingerprint density at radius 2 is 1.62 bits per heavy atom. The predicted octanol–water partition coefficient (Wildman–Crippen LogP) is 2.39. The van der Waals surface area contributed by atoms with Crippen LogP contribution in [-0.2, 0) is 14.3 Å². The maximum absolute atomic E-state index is 13.2. The minimum Gasteiger partial charge on any atom is -0.454 e. The van der Waals surface area contributed by atoms with Gasteiger partial charge in [-0.25, -0.2) is 0 Å². The van der Waals surface area contributed by atoms with Crippen molar-refractivity contribution >= 4 is 17.5 Å². The summed E-state index contributed by atoms with van der Waals surface area (Å²) < 4.78 is 11.6. The summed E-state index contributed by atoms with van der Waals surface area (Å²) in [5, 5.41) is 0. The van der Waals surface area contributed by atoms with E-state index in [4.69, 9.17) is 9.47 Å². The quantitative estimate of drug-likeness (QED) is 0.685. The van der Waals surface area contributed by atoms with Gasteiger partial charge in [0.1, 0.15) is 6.10 Å². The fraction of sp³-hybridized carbons (Fsp3) is 0.421. The van der Waals surface area contributed by atoms with Crippen molar-refractivity contribution in [1.82, 2.24) is 0 Å². The van der Waals surface area contributed by atoms with Crippen molar-refractivity contribution in [3.8, 4) is 0 Å². The lowest BCUT2D eigenvalue weighted by molar-refractivity contribution is -0.141. The summed E-state index contributed by atoms with van der Waals surface area (Å²) in [6.45, 7) is 0. The third-order valence-corrected chi connectivity index (χ3v) is 5.65. The highest BCUT2D eigenvalue weighted by Crippen LogP contribution is 2.51. The second-order valence-corrected chi connectivity index (χ2v) is 6.96. The Morgan fingerprint density at radius 3 is 2.33 bits per heavy atom. The molecule has 2 fully saturated rings. The van der Waals surface area contributed by atoms with Gasteiger partial charge in [0.05, 0.1) is 17.6 Å². The molecule has 2 aliphatic carbocycles. The van der Waals surface area contributed by atoms with E-state index >= 15 is 0 Å². The van der Waals surface area contributed by atoms with Crippen LogP contribution in [0.2, 0.25) is 0 Å². The zero-order valence-electron chi connectivity index (χ0n) is 13.0. The average molecular weight is 324 g/mol. The molecule has 0 radical (unpaired) electrons. The standard InChI is InChI=1S/C19H16O5/c20-13-9-12-18(23-13)14-15(19(24-12)7-3-4-8-19)17(22)11-6-2-1-5-10(11)16(14)21/h1-2,5-6,12,18H,3-4,7-9H2/t12-,18+/m1/s1. The van der Waals surface area contributed by atoms with Crippen LogP contribution in [0.1, 0.15) is 52.8 Å². The van der Waals surface area contributed by atoms with Crippen molar-refractivity contribution in [2.45, 2.75) is 49.9 Å². The molecule has 2 heterocycles. The van der Waals surface area contributed by atoms with Crippen LogP contribution in [0.5, 0.6) is 0 Å². The van der Waals surface area contributed by atoms with E-state index in [1.165, 1.54) is 0 Å². The van der Waals surface area contributed by atoms with Gasteiger partial charge in [0.15, 0.2) is 17.7 Å². The maximum Gasteiger partial charge on any atom is 0.309 e. The summed E-state index contributed by atoms with van der Waals surface area (Å²) >= 11 is 0. The molecule has 1 aromatic carbocycles. The van der Waals surface area contributed by atoms with Crippen molar-refractivity contribution in [3.63, 3.8) is 0 Å². The van der Waals surface area contributed by atoms with Gasteiger partial charge in [-0.2, -0.15) is 0 Å². The normalized spacial score (nSPS) is 30.2. The molecule has 1 saturated heterocycles. The monoisotopic (exact) mass is 324 g/mol. The Bertz CT molecular complexity index is 828. The summed E-state index contributed by atoms with van der Waals surface area (Å²) in [5.41, 5.74) is 0.907. The second kappa shape index (κ2) is 4.63. The molecule has 5 heteroatoms. The first-order valence-electron chi connectivity index (χ1n) is 8.41. The fourth-order valence-corrected chi connectivity index (χ4v) is 4.67. The van der Waals surface area contributed by atoms with Gasteiger partial charge in [0.25, 0.3) is 0 Å². The fourth-order valence-electron chi connectivity index (χ4n) is 4.67. The number of ketones is 2. The predicted molar refractivity (Wildman–Crippen MR) is 82.7 cm³/mol. The van der Waals surface area contributed by atoms with Crippen LogP contribution in [0, 0.1) is 0 Å². The van der Waals surface area contributed by atoms with Gasteiger partial charge in [-0.3, -0.25) is 14.4 Å². The van der Waals surface area contributed by atoms with Crippen molar-refractivity contribution in [2.75, 3.05) is 0 Å². The maximum atomic E-state index is 13.2. The molecule has 0 bridgehead atoms. The Morgan fingerprint density at radius 1 is 0.958 bits per heavy atom.